The predicted molar refractivity (Wildman–Crippen MR) is 154 cm³/mol. The third-order valence-corrected chi connectivity index (χ3v) is 6.29. The fourth-order valence-corrected chi connectivity index (χ4v) is 4.24. The van der Waals surface area contributed by atoms with Crippen LogP contribution in [0.25, 0.3) is 22.7 Å². The van der Waals surface area contributed by atoms with E-state index in [4.69, 9.17) is 16.1 Å². The van der Waals surface area contributed by atoms with Gasteiger partial charge in [0.1, 0.15) is 12.4 Å². The summed E-state index contributed by atoms with van der Waals surface area (Å²) in [5.74, 6) is -0.932. The Hall–Kier alpha value is -5.56. The van der Waals surface area contributed by atoms with Gasteiger partial charge in [0.25, 0.3) is 0 Å². The van der Waals surface area contributed by atoms with E-state index in [-0.39, 0.29) is 12.2 Å². The molecule has 0 fully saturated rings. The van der Waals surface area contributed by atoms with Crippen LogP contribution in [0.5, 0.6) is 0 Å². The Kier molecular flexibility index (Phi) is 8.49. The first-order valence-electron chi connectivity index (χ1n) is 12.5. The van der Waals surface area contributed by atoms with Gasteiger partial charge in [0, 0.05) is 28.8 Å². The van der Waals surface area contributed by atoms with Crippen molar-refractivity contribution in [2.75, 3.05) is 17.7 Å². The van der Waals surface area contributed by atoms with Crippen molar-refractivity contribution in [1.29, 1.82) is 0 Å². The zero-order valence-electron chi connectivity index (χ0n) is 22.0. The number of hydrogen-bond donors (Lipinski definition) is 3. The molecule has 3 aromatic carbocycles. The SMILES string of the molecule is COC(=O)Nc1ccc2onc(NC(=O)[C@H](Cc3ccccc3)NC(=O)C=Cc3cc(Cl)ccc3-n3cnnn3)c2c1. The van der Waals surface area contributed by atoms with E-state index in [1.807, 2.05) is 30.3 Å². The maximum Gasteiger partial charge on any atom is 0.411 e. The molecule has 14 heteroatoms. The highest BCUT2D eigenvalue weighted by Gasteiger charge is 2.23. The number of amides is 3. The van der Waals surface area contributed by atoms with Crippen LogP contribution in [0, 0.1) is 0 Å². The molecule has 2 heterocycles. The number of aromatic nitrogens is 5. The van der Waals surface area contributed by atoms with Gasteiger partial charge in [0.05, 0.1) is 18.2 Å². The Morgan fingerprint density at radius 2 is 1.90 bits per heavy atom. The lowest BCUT2D eigenvalue weighted by molar-refractivity contribution is -0.123. The quantitative estimate of drug-likeness (QED) is 0.216. The number of tetrazole rings is 1. The van der Waals surface area contributed by atoms with E-state index >= 15 is 0 Å². The number of methoxy groups -OCH3 is 1. The van der Waals surface area contributed by atoms with Crippen molar-refractivity contribution >= 4 is 58.1 Å². The van der Waals surface area contributed by atoms with E-state index in [1.54, 1.807) is 42.5 Å². The number of fused-ring (bicyclic) bond motifs is 1. The van der Waals surface area contributed by atoms with E-state index in [9.17, 15) is 14.4 Å². The average molecular weight is 587 g/mol. The molecule has 0 aliphatic rings. The van der Waals surface area contributed by atoms with Crippen LogP contribution in [0.2, 0.25) is 5.02 Å². The molecule has 0 aliphatic carbocycles. The second-order valence-electron chi connectivity index (χ2n) is 8.89. The Morgan fingerprint density at radius 3 is 2.67 bits per heavy atom. The molecule has 5 aromatic rings. The van der Waals surface area contributed by atoms with Crippen LogP contribution in [-0.2, 0) is 20.7 Å². The topological polar surface area (TPSA) is 166 Å². The molecule has 13 nitrogen and oxygen atoms in total. The number of rotatable bonds is 9. The van der Waals surface area contributed by atoms with Crippen molar-refractivity contribution in [2.45, 2.75) is 12.5 Å². The number of anilines is 2. The summed E-state index contributed by atoms with van der Waals surface area (Å²) in [4.78, 5) is 38.1. The molecule has 0 unspecified atom stereocenters. The summed E-state index contributed by atoms with van der Waals surface area (Å²) in [5.41, 5.74) is 2.80. The largest absolute Gasteiger partial charge is 0.453 e. The summed E-state index contributed by atoms with van der Waals surface area (Å²) >= 11 is 6.17. The molecule has 3 amide bonds. The van der Waals surface area contributed by atoms with Crippen LogP contribution in [0.3, 0.4) is 0 Å². The molecule has 42 heavy (non-hydrogen) atoms. The lowest BCUT2D eigenvalue weighted by atomic mass is 10.0. The lowest BCUT2D eigenvalue weighted by Crippen LogP contribution is -2.44. The number of benzene rings is 3. The van der Waals surface area contributed by atoms with Crippen LogP contribution in [-0.4, -0.2) is 56.4 Å². The summed E-state index contributed by atoms with van der Waals surface area (Å²) in [5, 5.41) is 24.1. The molecular weight excluding hydrogens is 564 g/mol. The van der Waals surface area contributed by atoms with Crippen LogP contribution in [0.1, 0.15) is 11.1 Å². The third kappa shape index (κ3) is 6.77. The maximum absolute atomic E-state index is 13.5. The van der Waals surface area contributed by atoms with Crippen LogP contribution < -0.4 is 16.0 Å². The Bertz CT molecular complexity index is 1760. The fourth-order valence-electron chi connectivity index (χ4n) is 4.06. The maximum atomic E-state index is 13.5. The number of hydrogen-bond acceptors (Lipinski definition) is 9. The van der Waals surface area contributed by atoms with Gasteiger partial charge in [-0.25, -0.2) is 4.79 Å². The number of carbonyl (C=O) groups is 3. The minimum absolute atomic E-state index is 0.122. The first kappa shape index (κ1) is 28.0. The van der Waals surface area contributed by atoms with E-state index < -0.39 is 23.9 Å². The Morgan fingerprint density at radius 1 is 1.07 bits per heavy atom. The van der Waals surface area contributed by atoms with Gasteiger partial charge in [-0.3, -0.25) is 14.9 Å². The third-order valence-electron chi connectivity index (χ3n) is 6.06. The molecule has 5 rings (SSSR count). The van der Waals surface area contributed by atoms with Crippen LogP contribution in [0.4, 0.5) is 16.3 Å². The lowest BCUT2D eigenvalue weighted by Gasteiger charge is -2.17. The second-order valence-corrected chi connectivity index (χ2v) is 9.33. The van der Waals surface area contributed by atoms with Gasteiger partial charge in [0.2, 0.25) is 11.8 Å². The Labute approximate surface area is 243 Å². The highest BCUT2D eigenvalue weighted by Crippen LogP contribution is 2.26. The normalized spacial score (nSPS) is 11.8. The second kappa shape index (κ2) is 12.7. The van der Waals surface area contributed by atoms with Gasteiger partial charge in [-0.05, 0) is 58.5 Å². The van der Waals surface area contributed by atoms with E-state index in [2.05, 4.69) is 41.4 Å². The molecule has 3 N–H and O–H groups in total. The average Bonchev–Trinajstić information content (AvgIpc) is 3.67. The molecule has 0 bridgehead atoms. The number of halogens is 1. The molecular formula is C28H23ClN8O5. The van der Waals surface area contributed by atoms with Crippen LogP contribution in [0.15, 0.2) is 83.7 Å². The number of nitrogens with zero attached hydrogens (tertiary/aromatic N) is 5. The molecule has 0 radical (unpaired) electrons. The van der Waals surface area contributed by atoms with Crippen molar-refractivity contribution in [2.24, 2.45) is 0 Å². The zero-order chi connectivity index (χ0) is 29.5. The molecule has 2 aromatic heterocycles. The molecule has 212 valence electrons. The van der Waals surface area contributed by atoms with Gasteiger partial charge < -0.3 is 19.9 Å². The monoisotopic (exact) mass is 586 g/mol. The summed E-state index contributed by atoms with van der Waals surface area (Å²) in [6.07, 6.45) is 3.81. The van der Waals surface area contributed by atoms with Gasteiger partial charge in [-0.2, -0.15) is 4.68 Å². The number of carbonyl (C=O) groups excluding carboxylic acids is 3. The van der Waals surface area contributed by atoms with E-state index in [0.717, 1.165) is 5.56 Å². The van der Waals surface area contributed by atoms with Gasteiger partial charge >= 0.3 is 6.09 Å². The first-order chi connectivity index (χ1) is 20.4. The minimum atomic E-state index is -0.981. The number of ether oxygens (including phenoxy) is 1. The zero-order valence-corrected chi connectivity index (χ0v) is 22.8. The van der Waals surface area contributed by atoms with Crippen molar-refractivity contribution < 1.29 is 23.6 Å². The summed E-state index contributed by atoms with van der Waals surface area (Å²) in [7, 11) is 1.25. The first-order valence-corrected chi connectivity index (χ1v) is 12.9. The minimum Gasteiger partial charge on any atom is -0.453 e. The van der Waals surface area contributed by atoms with Gasteiger partial charge in [-0.15, -0.1) is 5.10 Å². The van der Waals surface area contributed by atoms with Gasteiger partial charge in [-0.1, -0.05) is 47.1 Å². The molecule has 0 saturated heterocycles. The number of nitrogens with one attached hydrogen (secondary N) is 3. The highest BCUT2D eigenvalue weighted by molar-refractivity contribution is 6.30. The van der Waals surface area contributed by atoms with Crippen molar-refractivity contribution in [1.82, 2.24) is 30.7 Å². The summed E-state index contributed by atoms with van der Waals surface area (Å²) in [6.45, 7) is 0. The summed E-state index contributed by atoms with van der Waals surface area (Å²) in [6, 6.07) is 18.1. The summed E-state index contributed by atoms with van der Waals surface area (Å²) < 4.78 is 11.4. The van der Waals surface area contributed by atoms with Crippen LogP contribution >= 0.6 is 11.6 Å². The van der Waals surface area contributed by atoms with E-state index in [0.29, 0.717) is 32.9 Å². The highest BCUT2D eigenvalue weighted by atomic mass is 35.5. The van der Waals surface area contributed by atoms with E-state index in [1.165, 1.54) is 24.2 Å². The molecule has 1 atom stereocenters. The standard InChI is InChI=1S/C28H23ClN8O5/c1-41-28(40)31-20-9-11-24-21(15-20)26(34-42-24)33-27(39)22(13-17-5-3-2-4-6-17)32-25(38)12-7-18-14-19(29)8-10-23(18)37-16-30-35-36-37/h2-12,14-16,22H,13H2,1H3,(H,31,40)(H,32,38)(H,33,34,39)/t22-/m0/s1. The molecule has 0 saturated carbocycles. The predicted octanol–water partition coefficient (Wildman–Crippen LogP) is 4.01. The van der Waals surface area contributed by atoms with Crippen molar-refractivity contribution in [3.05, 3.63) is 95.3 Å². The fraction of sp³-hybridized carbons (Fsp3) is 0.107. The van der Waals surface area contributed by atoms with Gasteiger partial charge in [0.15, 0.2) is 11.4 Å². The molecule has 0 aliphatic heterocycles. The smallest absolute Gasteiger partial charge is 0.411 e. The van der Waals surface area contributed by atoms with Crippen molar-refractivity contribution in [3.63, 3.8) is 0 Å². The van der Waals surface area contributed by atoms with Crippen molar-refractivity contribution in [3.8, 4) is 5.69 Å². The molecule has 0 spiro atoms. The Balaban J connectivity index is 1.36.